The number of hydrogen-bond acceptors (Lipinski definition) is 4. The smallest absolute Gasteiger partial charge is 0.293 e. The Labute approximate surface area is 147 Å². The topological polar surface area (TPSA) is 63.7 Å². The van der Waals surface area contributed by atoms with Crippen molar-refractivity contribution in [2.24, 2.45) is 0 Å². The van der Waals surface area contributed by atoms with Crippen molar-refractivity contribution in [3.8, 4) is 0 Å². The van der Waals surface area contributed by atoms with Crippen LogP contribution >= 0.6 is 0 Å². The average molecular weight is 341 g/mol. The largest absolute Gasteiger partial charge is 0.463 e. The number of ether oxygens (including phenoxy) is 1. The SMILES string of the molecule is C/C(COC=O)=C1/CCC[C@@]12CCCC(=O)N2C(=O)c1ccccc1. The quantitative estimate of drug-likeness (QED) is 0.479. The third-order valence-electron chi connectivity index (χ3n) is 5.34. The molecule has 1 aromatic carbocycles. The Bertz CT molecular complexity index is 710. The molecule has 1 aliphatic heterocycles. The summed E-state index contributed by atoms with van der Waals surface area (Å²) in [6.07, 6.45) is 4.51. The van der Waals surface area contributed by atoms with Crippen LogP contribution in [0.2, 0.25) is 0 Å². The Kier molecular flexibility index (Phi) is 5.02. The van der Waals surface area contributed by atoms with Gasteiger partial charge in [0, 0.05) is 12.0 Å². The molecule has 1 heterocycles. The zero-order valence-corrected chi connectivity index (χ0v) is 14.5. The molecular weight excluding hydrogens is 318 g/mol. The molecule has 1 atom stereocenters. The fraction of sp³-hybridized carbons (Fsp3) is 0.450. The van der Waals surface area contributed by atoms with Crippen molar-refractivity contribution in [3.05, 3.63) is 47.0 Å². The number of hydrogen-bond donors (Lipinski definition) is 0. The van der Waals surface area contributed by atoms with Gasteiger partial charge in [0.15, 0.2) is 0 Å². The molecule has 0 unspecified atom stereocenters. The third kappa shape index (κ3) is 3.11. The van der Waals surface area contributed by atoms with E-state index >= 15 is 0 Å². The number of carbonyl (C=O) groups is 3. The molecule has 0 aromatic heterocycles. The molecule has 132 valence electrons. The van der Waals surface area contributed by atoms with Gasteiger partial charge in [-0.1, -0.05) is 18.2 Å². The predicted molar refractivity (Wildman–Crippen MR) is 92.8 cm³/mol. The first-order valence-electron chi connectivity index (χ1n) is 8.77. The van der Waals surface area contributed by atoms with Crippen molar-refractivity contribution in [2.45, 2.75) is 51.0 Å². The zero-order valence-electron chi connectivity index (χ0n) is 14.5. The van der Waals surface area contributed by atoms with E-state index in [4.69, 9.17) is 4.74 Å². The second-order valence-electron chi connectivity index (χ2n) is 6.81. The van der Waals surface area contributed by atoms with E-state index in [2.05, 4.69) is 0 Å². The molecule has 1 saturated carbocycles. The highest BCUT2D eigenvalue weighted by atomic mass is 16.5. The van der Waals surface area contributed by atoms with Gasteiger partial charge in [0.25, 0.3) is 12.4 Å². The molecule has 0 N–H and O–H groups in total. The number of likely N-dealkylation sites (tertiary alicyclic amines) is 1. The van der Waals surface area contributed by atoms with E-state index in [0.717, 1.165) is 43.3 Å². The van der Waals surface area contributed by atoms with Crippen molar-refractivity contribution in [1.82, 2.24) is 4.90 Å². The van der Waals surface area contributed by atoms with Crippen LogP contribution < -0.4 is 0 Å². The first-order valence-corrected chi connectivity index (χ1v) is 8.77. The molecule has 2 amide bonds. The minimum atomic E-state index is -0.557. The molecule has 0 radical (unpaired) electrons. The molecule has 0 bridgehead atoms. The number of amides is 2. The maximum atomic E-state index is 13.1. The normalized spacial score (nSPS) is 25.2. The standard InChI is InChI=1S/C20H23NO4/c1-15(13-25-14-22)17-9-5-11-20(17)12-6-10-18(23)21(20)19(24)16-7-3-2-4-8-16/h2-4,7-8,14H,5-6,9-13H2,1H3/b17-15+/t20-/m1/s1. The minimum absolute atomic E-state index is 0.108. The summed E-state index contributed by atoms with van der Waals surface area (Å²) in [6, 6.07) is 8.97. The van der Waals surface area contributed by atoms with Crippen molar-refractivity contribution >= 4 is 18.3 Å². The van der Waals surface area contributed by atoms with Gasteiger partial charge in [0.2, 0.25) is 5.91 Å². The summed E-state index contributed by atoms with van der Waals surface area (Å²) in [6.45, 7) is 2.57. The Balaban J connectivity index is 2.03. The van der Waals surface area contributed by atoms with Gasteiger partial charge in [-0.15, -0.1) is 0 Å². The number of benzene rings is 1. The fourth-order valence-corrected chi connectivity index (χ4v) is 4.33. The fourth-order valence-electron chi connectivity index (χ4n) is 4.33. The lowest BCUT2D eigenvalue weighted by Crippen LogP contribution is -2.57. The second kappa shape index (κ2) is 7.21. The maximum absolute atomic E-state index is 13.1. The van der Waals surface area contributed by atoms with Gasteiger partial charge >= 0.3 is 0 Å². The number of piperidine rings is 1. The zero-order chi connectivity index (χ0) is 17.9. The van der Waals surface area contributed by atoms with Crippen LogP contribution in [0.5, 0.6) is 0 Å². The molecule has 5 heteroatoms. The lowest BCUT2D eigenvalue weighted by atomic mass is 9.79. The van der Waals surface area contributed by atoms with E-state index < -0.39 is 5.54 Å². The molecule has 1 aliphatic carbocycles. The molecule has 2 fully saturated rings. The minimum Gasteiger partial charge on any atom is -0.463 e. The highest BCUT2D eigenvalue weighted by Gasteiger charge is 2.51. The first kappa shape index (κ1) is 17.4. The Morgan fingerprint density at radius 1 is 1.20 bits per heavy atom. The van der Waals surface area contributed by atoms with Crippen molar-refractivity contribution < 1.29 is 19.1 Å². The van der Waals surface area contributed by atoms with Gasteiger partial charge in [-0.3, -0.25) is 19.3 Å². The van der Waals surface area contributed by atoms with E-state index in [0.29, 0.717) is 18.5 Å². The second-order valence-corrected chi connectivity index (χ2v) is 6.81. The summed E-state index contributed by atoms with van der Waals surface area (Å²) in [7, 11) is 0. The Hall–Kier alpha value is -2.43. The van der Waals surface area contributed by atoms with Crippen LogP contribution in [0.3, 0.4) is 0 Å². The van der Waals surface area contributed by atoms with Gasteiger partial charge < -0.3 is 4.74 Å². The van der Waals surface area contributed by atoms with E-state index in [9.17, 15) is 14.4 Å². The molecule has 1 aromatic rings. The molecule has 1 spiro atoms. The third-order valence-corrected chi connectivity index (χ3v) is 5.34. The highest BCUT2D eigenvalue weighted by Crippen LogP contribution is 2.48. The maximum Gasteiger partial charge on any atom is 0.293 e. The lowest BCUT2D eigenvalue weighted by molar-refractivity contribution is -0.136. The van der Waals surface area contributed by atoms with Crippen LogP contribution in [0, 0.1) is 0 Å². The summed E-state index contributed by atoms with van der Waals surface area (Å²) in [4.78, 5) is 37.9. The van der Waals surface area contributed by atoms with E-state index in [1.54, 1.807) is 12.1 Å². The van der Waals surface area contributed by atoms with Crippen LogP contribution in [0.15, 0.2) is 41.5 Å². The molecule has 1 saturated heterocycles. The van der Waals surface area contributed by atoms with Crippen LogP contribution in [0.1, 0.15) is 55.8 Å². The molecule has 3 rings (SSSR count). The predicted octanol–water partition coefficient (Wildman–Crippen LogP) is 3.25. The van der Waals surface area contributed by atoms with Crippen molar-refractivity contribution in [1.29, 1.82) is 0 Å². The summed E-state index contributed by atoms with van der Waals surface area (Å²) >= 11 is 0. The van der Waals surface area contributed by atoms with Gasteiger partial charge in [0.05, 0.1) is 5.54 Å². The molecular formula is C20H23NO4. The van der Waals surface area contributed by atoms with Crippen LogP contribution in [-0.4, -0.2) is 35.3 Å². The average Bonchev–Trinajstić information content (AvgIpc) is 3.04. The highest BCUT2D eigenvalue weighted by molar-refractivity contribution is 6.06. The number of nitrogens with zero attached hydrogens (tertiary/aromatic N) is 1. The van der Waals surface area contributed by atoms with Crippen LogP contribution in [-0.2, 0) is 14.3 Å². The van der Waals surface area contributed by atoms with Crippen LogP contribution in [0.4, 0.5) is 0 Å². The molecule has 2 aliphatic rings. The van der Waals surface area contributed by atoms with Gasteiger partial charge in [-0.2, -0.15) is 0 Å². The Morgan fingerprint density at radius 2 is 1.88 bits per heavy atom. The summed E-state index contributed by atoms with van der Waals surface area (Å²) in [5, 5.41) is 0. The van der Waals surface area contributed by atoms with Gasteiger partial charge in [-0.05, 0) is 62.3 Å². The van der Waals surface area contributed by atoms with E-state index in [-0.39, 0.29) is 18.4 Å². The molecule has 5 nitrogen and oxygen atoms in total. The lowest BCUT2D eigenvalue weighted by Gasteiger charge is -2.45. The van der Waals surface area contributed by atoms with E-state index in [1.807, 2.05) is 25.1 Å². The summed E-state index contributed by atoms with van der Waals surface area (Å²) < 4.78 is 4.92. The van der Waals surface area contributed by atoms with E-state index in [1.165, 1.54) is 4.90 Å². The summed E-state index contributed by atoms with van der Waals surface area (Å²) in [5.41, 5.74) is 2.01. The molecule has 25 heavy (non-hydrogen) atoms. The first-order chi connectivity index (χ1) is 12.1. The number of carbonyl (C=O) groups excluding carboxylic acids is 3. The van der Waals surface area contributed by atoms with Crippen LogP contribution in [0.25, 0.3) is 0 Å². The number of rotatable bonds is 4. The number of imide groups is 1. The van der Waals surface area contributed by atoms with Gasteiger partial charge in [-0.25, -0.2) is 0 Å². The summed E-state index contributed by atoms with van der Waals surface area (Å²) in [5.74, 6) is -0.336. The Morgan fingerprint density at radius 3 is 2.56 bits per heavy atom. The van der Waals surface area contributed by atoms with Gasteiger partial charge in [0.1, 0.15) is 6.61 Å². The van der Waals surface area contributed by atoms with Crippen molar-refractivity contribution in [3.63, 3.8) is 0 Å². The monoisotopic (exact) mass is 341 g/mol. The van der Waals surface area contributed by atoms with Crippen molar-refractivity contribution in [2.75, 3.05) is 6.61 Å².